The number of rotatable bonds is 0. The second-order valence-electron chi connectivity index (χ2n) is 23.6. The third kappa shape index (κ3) is 5.81. The van der Waals surface area contributed by atoms with E-state index in [1.54, 1.807) is 0 Å². The standard InChI is InChI=1S/C23H25N2O.C23H25N2S.C19H23N2S/c2*1-12-13(2)15(4)24-16(5)25-21(20(24)14(12)3)22-19(23(25,6)7)17-10-8-9-11-18(17)26-22;1-10-11(2)13(4)20-14(5)21-17(16(20)12(10)3)18-15(8-9-22-18)19(21,6)7/h2*8-11H,1-7H3;8-9H,1-7H3/q3*+1. The lowest BCUT2D eigenvalue weighted by Gasteiger charge is -2.18. The number of hydrogen-bond donors (Lipinski definition) is 0. The lowest BCUT2D eigenvalue weighted by Crippen LogP contribution is -2.52. The van der Waals surface area contributed by atoms with Gasteiger partial charge in [0.25, 0.3) is 17.5 Å². The Hall–Kier alpha value is -6.29. The molecule has 0 amide bonds. The fraction of sp³-hybridized carbons (Fsp3) is 0.369. The summed E-state index contributed by atoms with van der Waals surface area (Å²) in [6.07, 6.45) is 0. The number of furan rings is 1. The Labute approximate surface area is 445 Å². The van der Waals surface area contributed by atoms with Gasteiger partial charge in [-0.1, -0.05) is 36.4 Å². The molecule has 378 valence electrons. The van der Waals surface area contributed by atoms with Crippen molar-refractivity contribution in [1.29, 1.82) is 0 Å². The first-order chi connectivity index (χ1) is 34.8. The lowest BCUT2D eigenvalue weighted by molar-refractivity contribution is -0.736. The first kappa shape index (κ1) is 48.6. The molecule has 0 aliphatic carbocycles. The van der Waals surface area contributed by atoms with Crippen molar-refractivity contribution in [1.82, 2.24) is 13.2 Å². The number of imidazole rings is 3. The summed E-state index contributed by atoms with van der Waals surface area (Å²) in [6, 6.07) is 19.6. The maximum atomic E-state index is 6.42. The zero-order chi connectivity index (χ0) is 53.1. The van der Waals surface area contributed by atoms with Crippen molar-refractivity contribution in [2.75, 3.05) is 0 Å². The van der Waals surface area contributed by atoms with Crippen LogP contribution in [0.25, 0.3) is 70.2 Å². The van der Waals surface area contributed by atoms with Gasteiger partial charge in [-0.25, -0.2) is 13.7 Å². The van der Waals surface area contributed by atoms with Crippen molar-refractivity contribution in [2.24, 2.45) is 0 Å². The Bertz CT molecular complexity index is 4140. The molecule has 3 aliphatic heterocycles. The molecule has 2 aromatic carbocycles. The van der Waals surface area contributed by atoms with Gasteiger partial charge in [0.2, 0.25) is 5.69 Å². The van der Waals surface area contributed by atoms with E-state index in [-0.39, 0.29) is 16.6 Å². The highest BCUT2D eigenvalue weighted by molar-refractivity contribution is 7.22. The van der Waals surface area contributed by atoms with Crippen LogP contribution in [0.1, 0.15) is 143 Å². The van der Waals surface area contributed by atoms with E-state index in [2.05, 4.69) is 226 Å². The summed E-state index contributed by atoms with van der Waals surface area (Å²) in [4.78, 5) is 2.90. The Balaban J connectivity index is 0.000000113. The number of thiophene rings is 2. The smallest absolute Gasteiger partial charge is 0.260 e. The Morgan fingerprint density at radius 1 is 0.419 bits per heavy atom. The molecule has 0 atom stereocenters. The average molecular weight is 1020 g/mol. The van der Waals surface area contributed by atoms with Crippen molar-refractivity contribution in [3.8, 4) is 32.6 Å². The topological polar surface area (TPSA) is 38.0 Å². The molecule has 0 saturated carbocycles. The zero-order valence-electron chi connectivity index (χ0n) is 47.7. The maximum Gasteiger partial charge on any atom is 0.260 e. The van der Waals surface area contributed by atoms with Crippen LogP contribution < -0.4 is 13.7 Å². The number of para-hydroxylation sites is 1. The van der Waals surface area contributed by atoms with Gasteiger partial charge < -0.3 is 4.42 Å². The van der Waals surface area contributed by atoms with Crippen LogP contribution in [0.3, 0.4) is 0 Å². The Kier molecular flexibility index (Phi) is 10.3. The van der Waals surface area contributed by atoms with Gasteiger partial charge in [-0.05, 0) is 182 Å². The molecule has 0 fully saturated rings. The van der Waals surface area contributed by atoms with Gasteiger partial charge in [0.1, 0.15) is 39.3 Å². The minimum Gasteiger partial charge on any atom is -0.452 e. The third-order valence-corrected chi connectivity index (χ3v) is 21.2. The van der Waals surface area contributed by atoms with Crippen molar-refractivity contribution in [3.05, 3.63) is 161 Å². The molecule has 0 N–H and O–H groups in total. The summed E-state index contributed by atoms with van der Waals surface area (Å²) in [5.41, 5.74) is 29.8. The van der Waals surface area contributed by atoms with Gasteiger partial charge >= 0.3 is 0 Å². The van der Waals surface area contributed by atoms with E-state index in [0.29, 0.717) is 0 Å². The van der Waals surface area contributed by atoms with Gasteiger partial charge in [-0.2, -0.15) is 13.2 Å². The molecule has 0 unspecified atom stereocenters. The average Bonchev–Trinajstić information content (AvgIpc) is 4.24. The van der Waals surface area contributed by atoms with E-state index in [4.69, 9.17) is 4.42 Å². The Morgan fingerprint density at radius 2 is 0.838 bits per heavy atom. The zero-order valence-corrected chi connectivity index (χ0v) is 49.3. The molecule has 3 aliphatic rings. The number of aromatic nitrogens is 6. The number of nitrogens with zero attached hydrogens (tertiary/aromatic N) is 6. The quantitative estimate of drug-likeness (QED) is 0.140. The molecule has 12 heterocycles. The van der Waals surface area contributed by atoms with Gasteiger partial charge in [0, 0.05) is 64.1 Å². The van der Waals surface area contributed by atoms with Gasteiger partial charge in [-0.15, -0.1) is 22.7 Å². The van der Waals surface area contributed by atoms with Crippen molar-refractivity contribution >= 4 is 60.3 Å². The predicted octanol–water partition coefficient (Wildman–Crippen LogP) is 15.6. The summed E-state index contributed by atoms with van der Waals surface area (Å²) < 4.78 is 22.8. The van der Waals surface area contributed by atoms with Crippen LogP contribution in [0.15, 0.2) is 64.4 Å². The predicted molar refractivity (Wildman–Crippen MR) is 308 cm³/mol. The number of pyridine rings is 3. The van der Waals surface area contributed by atoms with Crippen LogP contribution in [0.4, 0.5) is 0 Å². The van der Waals surface area contributed by atoms with Crippen molar-refractivity contribution < 1.29 is 18.1 Å². The van der Waals surface area contributed by atoms with E-state index in [1.165, 1.54) is 160 Å². The maximum absolute atomic E-state index is 6.42. The minimum atomic E-state index is -0.145. The summed E-state index contributed by atoms with van der Waals surface area (Å²) in [7, 11) is 0. The van der Waals surface area contributed by atoms with Crippen molar-refractivity contribution in [2.45, 2.75) is 162 Å². The highest BCUT2D eigenvalue weighted by Crippen LogP contribution is 2.52. The fourth-order valence-electron chi connectivity index (χ4n) is 14.5. The SMILES string of the molecule is Cc1c(C)c(C)n2c(C)[n+]3c(c2c1C)-c1oc2ccccc2c1C3(C)C.Cc1c(C)c(C)n2c(C)[n+]3c(c2c1C)-c1sc2ccccc2c1C3(C)C.Cc1c(C)c(C)n2c(C)[n+]3c(c2c1C)-c1sccc1C3(C)C. The molecule has 9 aromatic heterocycles. The highest BCUT2D eigenvalue weighted by atomic mass is 32.1. The van der Waals surface area contributed by atoms with Gasteiger partial charge in [0.05, 0.1) is 15.3 Å². The molecule has 74 heavy (non-hydrogen) atoms. The number of aryl methyl sites for hydroxylation is 9. The normalized spacial score (nSPS) is 15.1. The molecule has 9 heteroatoms. The van der Waals surface area contributed by atoms with E-state index < -0.39 is 0 Å². The first-order valence-electron chi connectivity index (χ1n) is 26.6. The van der Waals surface area contributed by atoms with E-state index in [1.807, 2.05) is 28.7 Å². The molecule has 11 aromatic rings. The van der Waals surface area contributed by atoms with Crippen LogP contribution in [0, 0.1) is 104 Å². The fourth-order valence-corrected chi connectivity index (χ4v) is 17.0. The monoisotopic (exact) mass is 1020 g/mol. The number of fused-ring (bicyclic) bond motifs is 19. The molecule has 0 saturated heterocycles. The molecule has 0 spiro atoms. The van der Waals surface area contributed by atoms with Crippen molar-refractivity contribution in [3.63, 3.8) is 0 Å². The Morgan fingerprint density at radius 3 is 1.36 bits per heavy atom. The largest absolute Gasteiger partial charge is 0.452 e. The summed E-state index contributed by atoms with van der Waals surface area (Å²) in [5, 5.41) is 4.88. The summed E-state index contributed by atoms with van der Waals surface area (Å²) >= 11 is 3.83. The van der Waals surface area contributed by atoms with Gasteiger partial charge in [0.15, 0.2) is 33.7 Å². The molecule has 0 bridgehead atoms. The van der Waals surface area contributed by atoms with Crippen LogP contribution in [0.2, 0.25) is 0 Å². The number of hydrogen-bond acceptors (Lipinski definition) is 3. The number of benzene rings is 2. The highest BCUT2D eigenvalue weighted by Gasteiger charge is 2.52. The van der Waals surface area contributed by atoms with Gasteiger partial charge in [-0.3, -0.25) is 0 Å². The second-order valence-corrected chi connectivity index (χ2v) is 25.5. The molecule has 14 rings (SSSR count). The van der Waals surface area contributed by atoms with E-state index >= 15 is 0 Å². The van der Waals surface area contributed by atoms with Crippen LogP contribution >= 0.6 is 22.7 Å². The van der Waals surface area contributed by atoms with Crippen LogP contribution in [0.5, 0.6) is 0 Å². The summed E-state index contributed by atoms with van der Waals surface area (Å²) in [6.45, 7) is 47.8. The summed E-state index contributed by atoms with van der Waals surface area (Å²) in [5.74, 6) is 4.96. The third-order valence-electron chi connectivity index (χ3n) is 19.1. The van der Waals surface area contributed by atoms with Crippen LogP contribution in [-0.2, 0) is 16.6 Å². The lowest BCUT2D eigenvalue weighted by atomic mass is 9.93. The van der Waals surface area contributed by atoms with E-state index in [9.17, 15) is 0 Å². The molecular formula is C65H73N6OS2+3. The molecule has 7 nitrogen and oxygen atoms in total. The van der Waals surface area contributed by atoms with Crippen LogP contribution in [-0.4, -0.2) is 13.2 Å². The first-order valence-corrected chi connectivity index (χ1v) is 28.3. The van der Waals surface area contributed by atoms with E-state index in [0.717, 1.165) is 11.3 Å². The second kappa shape index (κ2) is 15.6. The molecular weight excluding hydrogens is 945 g/mol. The minimum absolute atomic E-state index is 0.0292. The molecule has 0 radical (unpaired) electrons.